The van der Waals surface area contributed by atoms with Gasteiger partial charge in [-0.15, -0.1) is 0 Å². The summed E-state index contributed by atoms with van der Waals surface area (Å²) in [6.45, 7) is 23.0. The lowest BCUT2D eigenvalue weighted by molar-refractivity contribution is -0.113. The van der Waals surface area contributed by atoms with Crippen LogP contribution >= 0.6 is 0 Å². The van der Waals surface area contributed by atoms with E-state index in [1.54, 1.807) is 20.8 Å². The van der Waals surface area contributed by atoms with Crippen LogP contribution < -0.4 is 0 Å². The molecule has 0 bridgehead atoms. The number of aldehydes is 1. The standard InChI is InChI=1S/C5H9N.C5H10O.C4H10O.C4H10.C3H9N.H2O/c2*1-5(2,3)4-6;1-4(2,3)5;2*1-4(2)3;/h1-3H3;4H,1-3H3;5H,1-3H3;4H,1-3H3;1-3H3;1H2. The highest BCUT2D eigenvalue weighted by molar-refractivity contribution is 5.56. The van der Waals surface area contributed by atoms with Gasteiger partial charge in [-0.2, -0.15) is 5.26 Å². The fraction of sp³-hybridized carbons (Fsp3) is 0.905. The van der Waals surface area contributed by atoms with Crippen molar-refractivity contribution in [3.8, 4) is 6.07 Å². The Morgan fingerprint density at radius 3 is 0.962 bits per heavy atom. The zero-order valence-corrected chi connectivity index (χ0v) is 20.4. The topological polar surface area (TPSA) is 95.8 Å². The summed E-state index contributed by atoms with van der Waals surface area (Å²) < 4.78 is 0. The van der Waals surface area contributed by atoms with Gasteiger partial charge in [-0.05, 0) is 68.6 Å². The van der Waals surface area contributed by atoms with Gasteiger partial charge in [0.05, 0.1) is 11.7 Å². The summed E-state index contributed by atoms with van der Waals surface area (Å²) in [5.74, 6) is 0.833. The van der Waals surface area contributed by atoms with E-state index in [1.165, 1.54) is 0 Å². The molecule has 0 amide bonds. The number of carbonyl (C=O) groups is 1. The smallest absolute Gasteiger partial charge is 0.125 e. The van der Waals surface area contributed by atoms with Crippen molar-refractivity contribution in [3.05, 3.63) is 0 Å². The zero-order chi connectivity index (χ0) is 22.1. The molecule has 0 fully saturated rings. The van der Waals surface area contributed by atoms with E-state index in [0.29, 0.717) is 0 Å². The van der Waals surface area contributed by atoms with Crippen LogP contribution in [0.1, 0.15) is 83.1 Å². The lowest BCUT2D eigenvalue weighted by Gasteiger charge is -2.04. The highest BCUT2D eigenvalue weighted by Crippen LogP contribution is 2.08. The minimum absolute atomic E-state index is 0. The van der Waals surface area contributed by atoms with Crippen LogP contribution in [-0.2, 0) is 4.79 Å². The van der Waals surface area contributed by atoms with Crippen LogP contribution in [0.3, 0.4) is 0 Å². The molecule has 0 aromatic heterocycles. The number of rotatable bonds is 0. The second-order valence-corrected chi connectivity index (χ2v) is 10.1. The fourth-order valence-corrected chi connectivity index (χ4v) is 0. The minimum atomic E-state index is -0.500. The maximum atomic E-state index is 9.83. The number of aliphatic hydroxyl groups is 1. The van der Waals surface area contributed by atoms with Crippen LogP contribution in [-0.4, -0.2) is 48.5 Å². The first-order valence-corrected chi connectivity index (χ1v) is 8.80. The molecular formula is C21H50N2O3. The molecule has 3 N–H and O–H groups in total. The first-order valence-electron chi connectivity index (χ1n) is 8.80. The Morgan fingerprint density at radius 2 is 0.962 bits per heavy atom. The van der Waals surface area contributed by atoms with E-state index in [0.717, 1.165) is 12.2 Å². The predicted molar refractivity (Wildman–Crippen MR) is 116 cm³/mol. The lowest BCUT2D eigenvalue weighted by Crippen LogP contribution is -2.10. The molecule has 0 aromatic rings. The van der Waals surface area contributed by atoms with Crippen molar-refractivity contribution in [2.45, 2.75) is 88.7 Å². The Kier molecular flexibility index (Phi) is 31.2. The lowest BCUT2D eigenvalue weighted by atomic mass is 10.0. The molecule has 0 aliphatic heterocycles. The van der Waals surface area contributed by atoms with Crippen LogP contribution in [0.4, 0.5) is 0 Å². The molecule has 0 unspecified atom stereocenters. The summed E-state index contributed by atoms with van der Waals surface area (Å²) in [5.41, 5.74) is -0.792. The van der Waals surface area contributed by atoms with E-state index >= 15 is 0 Å². The van der Waals surface area contributed by atoms with Gasteiger partial charge < -0.3 is 20.3 Å². The van der Waals surface area contributed by atoms with Gasteiger partial charge in [-0.3, -0.25) is 0 Å². The summed E-state index contributed by atoms with van der Waals surface area (Å²) in [7, 11) is 6.00. The van der Waals surface area contributed by atoms with Crippen molar-refractivity contribution in [2.75, 3.05) is 21.1 Å². The van der Waals surface area contributed by atoms with Crippen molar-refractivity contribution >= 4 is 6.29 Å². The van der Waals surface area contributed by atoms with Gasteiger partial charge in [0.1, 0.15) is 6.29 Å². The summed E-state index contributed by atoms with van der Waals surface area (Å²) in [5, 5.41) is 16.7. The van der Waals surface area contributed by atoms with Gasteiger partial charge in [-0.25, -0.2) is 0 Å². The fourth-order valence-electron chi connectivity index (χ4n) is 0. The molecule has 0 aromatic carbocycles. The second kappa shape index (κ2) is 20.4. The second-order valence-electron chi connectivity index (χ2n) is 10.1. The van der Waals surface area contributed by atoms with Crippen molar-refractivity contribution in [1.29, 1.82) is 5.26 Å². The molecule has 0 aliphatic carbocycles. The van der Waals surface area contributed by atoms with Crippen LogP contribution in [0.2, 0.25) is 0 Å². The van der Waals surface area contributed by atoms with E-state index in [2.05, 4.69) is 26.8 Å². The average molecular weight is 379 g/mol. The Morgan fingerprint density at radius 1 is 0.885 bits per heavy atom. The molecule has 0 aliphatic rings. The molecular weight excluding hydrogens is 328 g/mol. The number of hydrogen-bond acceptors (Lipinski definition) is 4. The Bertz CT molecular complexity index is 295. The highest BCUT2D eigenvalue weighted by atomic mass is 16.3. The molecule has 5 nitrogen and oxygen atoms in total. The van der Waals surface area contributed by atoms with E-state index in [1.807, 2.05) is 67.6 Å². The third kappa shape index (κ3) is 441. The summed E-state index contributed by atoms with van der Waals surface area (Å²) >= 11 is 0. The van der Waals surface area contributed by atoms with Gasteiger partial charge >= 0.3 is 0 Å². The molecule has 0 spiro atoms. The molecule has 26 heavy (non-hydrogen) atoms. The molecule has 0 atom stereocenters. The van der Waals surface area contributed by atoms with Crippen LogP contribution in [0.15, 0.2) is 0 Å². The maximum absolute atomic E-state index is 9.83. The number of nitriles is 1. The SMILES string of the molecule is CC(C)(C)C#N.CC(C)(C)C=O.CC(C)(C)O.CC(C)C.CN(C)C.O. The predicted octanol–water partition coefficient (Wildman–Crippen LogP) is 4.58. The number of carbonyl (C=O) groups excluding carboxylic acids is 1. The van der Waals surface area contributed by atoms with Crippen molar-refractivity contribution in [3.63, 3.8) is 0 Å². The molecule has 5 heteroatoms. The Hall–Kier alpha value is -0.960. The maximum Gasteiger partial charge on any atom is 0.125 e. The van der Waals surface area contributed by atoms with E-state index in [-0.39, 0.29) is 16.3 Å². The summed E-state index contributed by atoms with van der Waals surface area (Å²) in [6.07, 6.45) is 0.938. The normalized spacial score (nSPS) is 10.0. The average Bonchev–Trinajstić information content (AvgIpc) is 2.24. The molecule has 0 radical (unpaired) electrons. The van der Waals surface area contributed by atoms with Gasteiger partial charge in [0.15, 0.2) is 0 Å². The molecule has 0 rings (SSSR count). The third-order valence-electron chi connectivity index (χ3n) is 0.689. The summed E-state index contributed by atoms with van der Waals surface area (Å²) in [4.78, 5) is 11.8. The van der Waals surface area contributed by atoms with Crippen LogP contribution in [0.5, 0.6) is 0 Å². The molecule has 162 valence electrons. The highest BCUT2D eigenvalue weighted by Gasteiger charge is 2.05. The third-order valence-corrected chi connectivity index (χ3v) is 0.689. The van der Waals surface area contributed by atoms with Crippen LogP contribution in [0.25, 0.3) is 0 Å². The van der Waals surface area contributed by atoms with Crippen molar-refractivity contribution in [2.24, 2.45) is 16.7 Å². The van der Waals surface area contributed by atoms with Gasteiger partial charge in [-0.1, -0.05) is 41.5 Å². The monoisotopic (exact) mass is 378 g/mol. The minimum Gasteiger partial charge on any atom is -0.412 e. The number of nitrogens with zero attached hydrogens (tertiary/aromatic N) is 2. The van der Waals surface area contributed by atoms with Gasteiger partial charge in [0, 0.05) is 10.8 Å². The van der Waals surface area contributed by atoms with Crippen molar-refractivity contribution < 1.29 is 15.4 Å². The van der Waals surface area contributed by atoms with E-state index < -0.39 is 5.60 Å². The Balaban J connectivity index is -0.0000000482. The first kappa shape index (κ1) is 39.9. The quantitative estimate of drug-likeness (QED) is 0.624. The molecule has 0 saturated heterocycles. The Labute approximate surface area is 165 Å². The number of hydrogen-bond donors (Lipinski definition) is 1. The largest absolute Gasteiger partial charge is 0.412 e. The van der Waals surface area contributed by atoms with E-state index in [9.17, 15) is 4.79 Å². The molecule has 0 saturated carbocycles. The first-order chi connectivity index (χ1) is 10.6. The van der Waals surface area contributed by atoms with Gasteiger partial charge in [0.2, 0.25) is 0 Å². The zero-order valence-electron chi connectivity index (χ0n) is 20.4. The van der Waals surface area contributed by atoms with Crippen LogP contribution in [0, 0.1) is 28.1 Å². The summed E-state index contributed by atoms with van der Waals surface area (Å²) in [6, 6.07) is 2.10. The van der Waals surface area contributed by atoms with Crippen molar-refractivity contribution in [1.82, 2.24) is 4.90 Å². The molecule has 0 heterocycles. The van der Waals surface area contributed by atoms with E-state index in [4.69, 9.17) is 10.4 Å². The van der Waals surface area contributed by atoms with Gasteiger partial charge in [0.25, 0.3) is 0 Å².